The second kappa shape index (κ2) is 8.19. The summed E-state index contributed by atoms with van der Waals surface area (Å²) in [6.07, 6.45) is 4.36. The fraction of sp³-hybridized carbons (Fsp3) is 0.455. The van der Waals surface area contributed by atoms with Crippen LogP contribution in [0.1, 0.15) is 26.7 Å². The second-order valence-corrected chi connectivity index (χ2v) is 7.81. The minimum atomic E-state index is 0.649. The van der Waals surface area contributed by atoms with Crippen LogP contribution in [0, 0.1) is 5.92 Å². The first-order chi connectivity index (χ1) is 13.6. The number of aromatic nitrogens is 3. The number of fused-ring (bicyclic) bond motifs is 1. The molecule has 1 fully saturated rings. The van der Waals surface area contributed by atoms with Crippen LogP contribution in [0.3, 0.4) is 0 Å². The van der Waals surface area contributed by atoms with Crippen LogP contribution in [-0.4, -0.2) is 52.3 Å². The SMILES string of the molecule is COc1ccc(-c2cnc3ccc(NCC4CCN(C(C)C)CC4)nn23)cc1. The zero-order valence-electron chi connectivity index (χ0n) is 16.9. The average Bonchev–Trinajstić information content (AvgIpc) is 3.16. The van der Waals surface area contributed by atoms with Crippen LogP contribution in [0.2, 0.25) is 0 Å². The molecule has 0 radical (unpaired) electrons. The minimum absolute atomic E-state index is 0.649. The van der Waals surface area contributed by atoms with E-state index in [2.05, 4.69) is 29.0 Å². The Morgan fingerprint density at radius 3 is 2.54 bits per heavy atom. The predicted octanol–water partition coefficient (Wildman–Crippen LogP) is 3.94. The van der Waals surface area contributed by atoms with Gasteiger partial charge in [0.1, 0.15) is 11.6 Å². The molecule has 0 bridgehead atoms. The number of likely N-dealkylation sites (tertiary alicyclic amines) is 1. The molecule has 0 atom stereocenters. The van der Waals surface area contributed by atoms with Gasteiger partial charge in [-0.3, -0.25) is 0 Å². The fourth-order valence-electron chi connectivity index (χ4n) is 3.85. The number of methoxy groups -OCH3 is 1. The first-order valence-corrected chi connectivity index (χ1v) is 10.1. The van der Waals surface area contributed by atoms with Gasteiger partial charge in [-0.05, 0) is 82.1 Å². The number of nitrogens with zero attached hydrogens (tertiary/aromatic N) is 4. The van der Waals surface area contributed by atoms with E-state index in [9.17, 15) is 0 Å². The quantitative estimate of drug-likeness (QED) is 0.703. The van der Waals surface area contributed by atoms with E-state index in [1.165, 1.54) is 25.9 Å². The van der Waals surface area contributed by atoms with Crippen molar-refractivity contribution in [2.24, 2.45) is 5.92 Å². The molecule has 28 heavy (non-hydrogen) atoms. The van der Waals surface area contributed by atoms with Crippen molar-refractivity contribution in [2.75, 3.05) is 32.1 Å². The maximum absolute atomic E-state index is 5.25. The number of imidazole rings is 1. The summed E-state index contributed by atoms with van der Waals surface area (Å²) in [4.78, 5) is 7.05. The van der Waals surface area contributed by atoms with Gasteiger partial charge in [0.15, 0.2) is 5.65 Å². The van der Waals surface area contributed by atoms with Gasteiger partial charge in [-0.25, -0.2) is 9.50 Å². The number of ether oxygens (including phenoxy) is 1. The summed E-state index contributed by atoms with van der Waals surface area (Å²) in [6, 6.07) is 12.7. The van der Waals surface area contributed by atoms with Crippen molar-refractivity contribution < 1.29 is 4.74 Å². The third kappa shape index (κ3) is 3.97. The van der Waals surface area contributed by atoms with Gasteiger partial charge >= 0.3 is 0 Å². The molecule has 3 heterocycles. The highest BCUT2D eigenvalue weighted by molar-refractivity contribution is 5.64. The molecular weight excluding hydrogens is 350 g/mol. The number of hydrogen-bond donors (Lipinski definition) is 1. The molecule has 6 heteroatoms. The van der Waals surface area contributed by atoms with Gasteiger partial charge < -0.3 is 15.0 Å². The number of benzene rings is 1. The van der Waals surface area contributed by atoms with Crippen LogP contribution in [-0.2, 0) is 0 Å². The molecule has 3 aromatic rings. The molecule has 1 saturated heterocycles. The van der Waals surface area contributed by atoms with E-state index in [1.807, 2.05) is 47.1 Å². The smallest absolute Gasteiger partial charge is 0.154 e. The zero-order chi connectivity index (χ0) is 19.5. The molecule has 0 saturated carbocycles. The average molecular weight is 380 g/mol. The number of hydrogen-bond acceptors (Lipinski definition) is 5. The van der Waals surface area contributed by atoms with Gasteiger partial charge in [0.2, 0.25) is 0 Å². The summed E-state index contributed by atoms with van der Waals surface area (Å²) in [5.41, 5.74) is 2.90. The van der Waals surface area contributed by atoms with Gasteiger partial charge in [-0.15, -0.1) is 5.10 Å². The lowest BCUT2D eigenvalue weighted by molar-refractivity contribution is 0.153. The summed E-state index contributed by atoms with van der Waals surface area (Å²) < 4.78 is 7.16. The Morgan fingerprint density at radius 2 is 1.86 bits per heavy atom. The zero-order valence-corrected chi connectivity index (χ0v) is 16.9. The van der Waals surface area contributed by atoms with Crippen LogP contribution in [0.25, 0.3) is 16.9 Å². The number of piperidine rings is 1. The second-order valence-electron chi connectivity index (χ2n) is 7.81. The Hall–Kier alpha value is -2.60. The standard InChI is InChI=1S/C22H29N5O/c1-16(2)26-12-10-17(11-13-26)14-23-21-8-9-22-24-15-20(27(22)25-21)18-4-6-19(28-3)7-5-18/h4-9,15-17H,10-14H2,1-3H3,(H,23,25). The minimum Gasteiger partial charge on any atom is -0.497 e. The highest BCUT2D eigenvalue weighted by Crippen LogP contribution is 2.24. The monoisotopic (exact) mass is 379 g/mol. The fourth-order valence-corrected chi connectivity index (χ4v) is 3.85. The molecule has 1 aromatic carbocycles. The topological polar surface area (TPSA) is 54.7 Å². The lowest BCUT2D eigenvalue weighted by atomic mass is 9.96. The first-order valence-electron chi connectivity index (χ1n) is 10.1. The molecule has 2 aromatic heterocycles. The van der Waals surface area contributed by atoms with Crippen molar-refractivity contribution in [3.05, 3.63) is 42.6 Å². The van der Waals surface area contributed by atoms with E-state index in [0.29, 0.717) is 12.0 Å². The summed E-state index contributed by atoms with van der Waals surface area (Å²) in [7, 11) is 1.68. The van der Waals surface area contributed by atoms with Crippen LogP contribution in [0.5, 0.6) is 5.75 Å². The van der Waals surface area contributed by atoms with Crippen molar-refractivity contribution in [3.8, 4) is 17.0 Å². The molecule has 4 rings (SSSR count). The van der Waals surface area contributed by atoms with E-state index >= 15 is 0 Å². The van der Waals surface area contributed by atoms with Crippen molar-refractivity contribution in [1.82, 2.24) is 19.5 Å². The first kappa shape index (κ1) is 18.7. The van der Waals surface area contributed by atoms with Gasteiger partial charge in [-0.1, -0.05) is 0 Å². The van der Waals surface area contributed by atoms with Gasteiger partial charge in [-0.2, -0.15) is 0 Å². The Bertz CT molecular complexity index is 910. The predicted molar refractivity (Wildman–Crippen MR) is 113 cm³/mol. The summed E-state index contributed by atoms with van der Waals surface area (Å²) in [5.74, 6) is 2.44. The lowest BCUT2D eigenvalue weighted by Gasteiger charge is -2.34. The molecule has 0 aliphatic carbocycles. The maximum Gasteiger partial charge on any atom is 0.154 e. The normalized spacial score (nSPS) is 16.0. The Labute approximate surface area is 166 Å². The maximum atomic E-state index is 5.25. The summed E-state index contributed by atoms with van der Waals surface area (Å²) >= 11 is 0. The van der Waals surface area contributed by atoms with Crippen LogP contribution in [0.15, 0.2) is 42.6 Å². The number of anilines is 1. The summed E-state index contributed by atoms with van der Waals surface area (Å²) in [5, 5.41) is 8.32. The van der Waals surface area contributed by atoms with E-state index in [4.69, 9.17) is 9.84 Å². The Balaban J connectivity index is 1.45. The molecular formula is C22H29N5O. The molecule has 1 aliphatic rings. The van der Waals surface area contributed by atoms with Gasteiger partial charge in [0.25, 0.3) is 0 Å². The van der Waals surface area contributed by atoms with Crippen LogP contribution >= 0.6 is 0 Å². The third-order valence-electron chi connectivity index (χ3n) is 5.70. The van der Waals surface area contributed by atoms with E-state index in [0.717, 1.165) is 35.0 Å². The number of rotatable bonds is 6. The van der Waals surface area contributed by atoms with E-state index < -0.39 is 0 Å². The molecule has 0 amide bonds. The van der Waals surface area contributed by atoms with E-state index in [1.54, 1.807) is 7.11 Å². The molecule has 6 nitrogen and oxygen atoms in total. The molecule has 1 aliphatic heterocycles. The molecule has 0 unspecified atom stereocenters. The Morgan fingerprint density at radius 1 is 1.11 bits per heavy atom. The van der Waals surface area contributed by atoms with Crippen LogP contribution in [0.4, 0.5) is 5.82 Å². The highest BCUT2D eigenvalue weighted by atomic mass is 16.5. The largest absolute Gasteiger partial charge is 0.497 e. The van der Waals surface area contributed by atoms with Crippen molar-refractivity contribution in [2.45, 2.75) is 32.7 Å². The number of nitrogens with one attached hydrogen (secondary N) is 1. The van der Waals surface area contributed by atoms with Crippen molar-refractivity contribution in [3.63, 3.8) is 0 Å². The molecule has 148 valence electrons. The van der Waals surface area contributed by atoms with Crippen LogP contribution < -0.4 is 10.1 Å². The van der Waals surface area contributed by atoms with Crippen molar-refractivity contribution >= 4 is 11.5 Å². The third-order valence-corrected chi connectivity index (χ3v) is 5.70. The Kier molecular flexibility index (Phi) is 5.48. The lowest BCUT2D eigenvalue weighted by Crippen LogP contribution is -2.39. The molecule has 1 N–H and O–H groups in total. The van der Waals surface area contributed by atoms with Gasteiger partial charge in [0, 0.05) is 18.2 Å². The summed E-state index contributed by atoms with van der Waals surface area (Å²) in [6.45, 7) is 7.92. The van der Waals surface area contributed by atoms with Gasteiger partial charge in [0.05, 0.1) is 19.0 Å². The van der Waals surface area contributed by atoms with E-state index in [-0.39, 0.29) is 0 Å². The highest BCUT2D eigenvalue weighted by Gasteiger charge is 2.20. The molecule has 0 spiro atoms. The van der Waals surface area contributed by atoms with Crippen molar-refractivity contribution in [1.29, 1.82) is 0 Å².